The van der Waals surface area contributed by atoms with Gasteiger partial charge in [0.05, 0.1) is 5.69 Å². The monoisotopic (exact) mass is 228 g/mol. The minimum Gasteiger partial charge on any atom is -0.330 e. The van der Waals surface area contributed by atoms with Crippen LogP contribution in [0.5, 0.6) is 0 Å². The second-order valence-electron chi connectivity index (χ2n) is 3.88. The summed E-state index contributed by atoms with van der Waals surface area (Å²) in [4.78, 5) is 12.9. The molecule has 0 fully saturated rings. The molecule has 2 rings (SSSR count). The van der Waals surface area contributed by atoms with Crippen LogP contribution in [0.15, 0.2) is 36.8 Å². The van der Waals surface area contributed by atoms with Gasteiger partial charge >= 0.3 is 0 Å². The lowest BCUT2D eigenvalue weighted by Gasteiger charge is -2.11. The third-order valence-electron chi connectivity index (χ3n) is 2.79. The molecule has 0 saturated carbocycles. The number of aromatic nitrogens is 3. The van der Waals surface area contributed by atoms with Crippen molar-refractivity contribution >= 4 is 0 Å². The third-order valence-corrected chi connectivity index (χ3v) is 2.79. The Morgan fingerprint density at radius 1 is 1.18 bits per heavy atom. The summed E-state index contributed by atoms with van der Waals surface area (Å²) in [7, 11) is 0. The molecule has 17 heavy (non-hydrogen) atoms. The smallest absolute Gasteiger partial charge is 0.133 e. The van der Waals surface area contributed by atoms with Gasteiger partial charge in [-0.05, 0) is 24.6 Å². The summed E-state index contributed by atoms with van der Waals surface area (Å²) in [6.07, 6.45) is 6.27. The molecule has 0 aliphatic carbocycles. The van der Waals surface area contributed by atoms with Crippen LogP contribution >= 0.6 is 0 Å². The number of rotatable bonds is 4. The standard InChI is InChI=1S/C13H16N4/c1-2-10(9-14)13-16-8-5-12(17-13)11-3-6-15-7-4-11/h3-8,10H,2,9,14H2,1H3. The number of nitrogens with zero attached hydrogens (tertiary/aromatic N) is 3. The molecule has 4 nitrogen and oxygen atoms in total. The van der Waals surface area contributed by atoms with Gasteiger partial charge in [-0.15, -0.1) is 0 Å². The van der Waals surface area contributed by atoms with Crippen LogP contribution in [-0.2, 0) is 0 Å². The molecule has 0 spiro atoms. The van der Waals surface area contributed by atoms with Gasteiger partial charge in [0.1, 0.15) is 5.82 Å². The molecule has 88 valence electrons. The number of hydrogen-bond acceptors (Lipinski definition) is 4. The topological polar surface area (TPSA) is 64.7 Å². The van der Waals surface area contributed by atoms with Crippen molar-refractivity contribution in [2.24, 2.45) is 5.73 Å². The van der Waals surface area contributed by atoms with E-state index in [4.69, 9.17) is 5.73 Å². The Hall–Kier alpha value is -1.81. The average Bonchev–Trinajstić information content (AvgIpc) is 2.42. The molecular weight excluding hydrogens is 212 g/mol. The predicted molar refractivity (Wildman–Crippen MR) is 67.3 cm³/mol. The van der Waals surface area contributed by atoms with E-state index in [1.807, 2.05) is 18.2 Å². The van der Waals surface area contributed by atoms with Gasteiger partial charge in [0, 0.05) is 36.6 Å². The molecule has 4 heteroatoms. The van der Waals surface area contributed by atoms with Crippen LogP contribution in [0.25, 0.3) is 11.3 Å². The highest BCUT2D eigenvalue weighted by Crippen LogP contribution is 2.19. The van der Waals surface area contributed by atoms with E-state index in [9.17, 15) is 0 Å². The Morgan fingerprint density at radius 2 is 1.94 bits per heavy atom. The maximum atomic E-state index is 5.71. The van der Waals surface area contributed by atoms with Crippen LogP contribution in [0, 0.1) is 0 Å². The molecule has 0 bridgehead atoms. The van der Waals surface area contributed by atoms with Crippen LogP contribution < -0.4 is 5.73 Å². The van der Waals surface area contributed by atoms with Gasteiger partial charge in [-0.2, -0.15) is 0 Å². The van der Waals surface area contributed by atoms with E-state index in [0.717, 1.165) is 23.5 Å². The van der Waals surface area contributed by atoms with Gasteiger partial charge in [0.2, 0.25) is 0 Å². The van der Waals surface area contributed by atoms with Gasteiger partial charge in [0.15, 0.2) is 0 Å². The fourth-order valence-corrected chi connectivity index (χ4v) is 1.71. The molecule has 0 saturated heterocycles. The number of hydrogen-bond donors (Lipinski definition) is 1. The highest BCUT2D eigenvalue weighted by molar-refractivity contribution is 5.57. The number of pyridine rings is 1. The highest BCUT2D eigenvalue weighted by Gasteiger charge is 2.11. The van der Waals surface area contributed by atoms with Crippen molar-refractivity contribution in [2.45, 2.75) is 19.3 Å². The summed E-state index contributed by atoms with van der Waals surface area (Å²) >= 11 is 0. The lowest BCUT2D eigenvalue weighted by atomic mass is 10.1. The first-order valence-electron chi connectivity index (χ1n) is 5.78. The summed E-state index contributed by atoms with van der Waals surface area (Å²) in [5.74, 6) is 1.06. The van der Waals surface area contributed by atoms with E-state index in [0.29, 0.717) is 6.54 Å². The van der Waals surface area contributed by atoms with Crippen molar-refractivity contribution < 1.29 is 0 Å². The van der Waals surface area contributed by atoms with Crippen LogP contribution in [0.2, 0.25) is 0 Å². The first kappa shape index (κ1) is 11.7. The molecule has 1 atom stereocenters. The van der Waals surface area contributed by atoms with Crippen LogP contribution in [-0.4, -0.2) is 21.5 Å². The summed E-state index contributed by atoms with van der Waals surface area (Å²) in [6.45, 7) is 2.68. The average molecular weight is 228 g/mol. The lowest BCUT2D eigenvalue weighted by molar-refractivity contribution is 0.631. The summed E-state index contributed by atoms with van der Waals surface area (Å²) in [6, 6.07) is 5.78. The Labute approximate surface area is 101 Å². The summed E-state index contributed by atoms with van der Waals surface area (Å²) in [5.41, 5.74) is 7.69. The van der Waals surface area contributed by atoms with E-state index in [1.54, 1.807) is 18.6 Å². The Bertz CT molecular complexity index is 466. The van der Waals surface area contributed by atoms with Gasteiger partial charge in [0.25, 0.3) is 0 Å². The fourth-order valence-electron chi connectivity index (χ4n) is 1.71. The Morgan fingerprint density at radius 3 is 2.59 bits per heavy atom. The van der Waals surface area contributed by atoms with E-state index < -0.39 is 0 Å². The van der Waals surface area contributed by atoms with E-state index in [1.165, 1.54) is 0 Å². The first-order chi connectivity index (χ1) is 8.35. The van der Waals surface area contributed by atoms with E-state index in [2.05, 4.69) is 21.9 Å². The molecule has 2 aromatic heterocycles. The van der Waals surface area contributed by atoms with Crippen LogP contribution in [0.3, 0.4) is 0 Å². The molecule has 0 aliphatic heterocycles. The Kier molecular flexibility index (Phi) is 3.77. The molecule has 0 radical (unpaired) electrons. The largest absolute Gasteiger partial charge is 0.330 e. The minimum absolute atomic E-state index is 0.233. The second-order valence-corrected chi connectivity index (χ2v) is 3.88. The molecular formula is C13H16N4. The lowest BCUT2D eigenvalue weighted by Crippen LogP contribution is -2.14. The maximum Gasteiger partial charge on any atom is 0.133 e. The van der Waals surface area contributed by atoms with Gasteiger partial charge in [-0.3, -0.25) is 4.98 Å². The molecule has 0 aromatic carbocycles. The normalized spacial score (nSPS) is 12.4. The van der Waals surface area contributed by atoms with Crippen molar-refractivity contribution in [3.8, 4) is 11.3 Å². The zero-order valence-corrected chi connectivity index (χ0v) is 9.87. The summed E-state index contributed by atoms with van der Waals surface area (Å²) in [5, 5.41) is 0. The second kappa shape index (κ2) is 5.50. The van der Waals surface area contributed by atoms with Crippen LogP contribution in [0.4, 0.5) is 0 Å². The zero-order valence-electron chi connectivity index (χ0n) is 9.87. The maximum absolute atomic E-state index is 5.71. The van der Waals surface area contributed by atoms with Crippen molar-refractivity contribution in [3.63, 3.8) is 0 Å². The number of nitrogens with two attached hydrogens (primary N) is 1. The van der Waals surface area contributed by atoms with Gasteiger partial charge in [-0.1, -0.05) is 6.92 Å². The minimum atomic E-state index is 0.233. The first-order valence-corrected chi connectivity index (χ1v) is 5.78. The van der Waals surface area contributed by atoms with Gasteiger partial charge < -0.3 is 5.73 Å². The molecule has 2 N–H and O–H groups in total. The zero-order chi connectivity index (χ0) is 12.1. The quantitative estimate of drug-likeness (QED) is 0.869. The van der Waals surface area contributed by atoms with E-state index >= 15 is 0 Å². The van der Waals surface area contributed by atoms with Crippen molar-refractivity contribution in [2.75, 3.05) is 6.54 Å². The molecule has 0 aliphatic rings. The third kappa shape index (κ3) is 2.65. The molecule has 2 aromatic rings. The van der Waals surface area contributed by atoms with Gasteiger partial charge in [-0.25, -0.2) is 9.97 Å². The fraction of sp³-hybridized carbons (Fsp3) is 0.308. The Balaban J connectivity index is 2.35. The van der Waals surface area contributed by atoms with Crippen molar-refractivity contribution in [1.82, 2.24) is 15.0 Å². The van der Waals surface area contributed by atoms with Crippen molar-refractivity contribution in [1.29, 1.82) is 0 Å². The molecule has 1 unspecified atom stereocenters. The SMILES string of the molecule is CCC(CN)c1nccc(-c2ccncc2)n1. The van der Waals surface area contributed by atoms with Crippen LogP contribution in [0.1, 0.15) is 25.1 Å². The predicted octanol–water partition coefficient (Wildman–Crippen LogP) is 1.99. The van der Waals surface area contributed by atoms with E-state index in [-0.39, 0.29) is 5.92 Å². The summed E-state index contributed by atoms with van der Waals surface area (Å²) < 4.78 is 0. The highest BCUT2D eigenvalue weighted by atomic mass is 14.9. The molecule has 0 amide bonds. The van der Waals surface area contributed by atoms with Crippen molar-refractivity contribution in [3.05, 3.63) is 42.6 Å². The molecule has 2 heterocycles.